The molecule has 1 aromatic carbocycles. The number of carbonyl (C=O) groups excluding carboxylic acids is 2. The standard InChI is InChI=1S/C29H31FN4O4/c1-4-29(3)18-10-22-26-16(12-34(22)27(36)17(18)13-38-28(29)37)25-20(32-23(35)6-5-9-31)8-7-15-14(2)19(30)11-21(33-26)24(15)25/h10-11,20H,4-9,12-13,31H2,1-3H3,(H,32,35)/t20-,29+/m0/s1. The van der Waals surface area contributed by atoms with Crippen LogP contribution in [0, 0.1) is 12.7 Å². The molecule has 0 fully saturated rings. The predicted octanol–water partition coefficient (Wildman–Crippen LogP) is 3.44. The SMILES string of the molecule is CC[C@@]1(C)C(=O)OCc2c1cc1n(c2=O)Cc2c-1nc1cc(F)c(C)c3c1c2[C@@H](NC(=O)CCCN)CC3. The zero-order chi connectivity index (χ0) is 26.9. The highest BCUT2D eigenvalue weighted by Gasteiger charge is 2.43. The molecule has 6 rings (SSSR count). The van der Waals surface area contributed by atoms with Gasteiger partial charge >= 0.3 is 5.97 Å². The van der Waals surface area contributed by atoms with Crippen molar-refractivity contribution in [3.05, 3.63) is 61.7 Å². The van der Waals surface area contributed by atoms with Crippen LogP contribution in [0.5, 0.6) is 0 Å². The van der Waals surface area contributed by atoms with E-state index in [1.54, 1.807) is 18.4 Å². The van der Waals surface area contributed by atoms with E-state index in [4.69, 9.17) is 15.5 Å². The minimum Gasteiger partial charge on any atom is -0.460 e. The molecule has 2 aromatic heterocycles. The second-order valence-corrected chi connectivity index (χ2v) is 10.8. The molecule has 198 valence electrons. The van der Waals surface area contributed by atoms with E-state index in [1.807, 2.05) is 13.0 Å². The molecule has 9 heteroatoms. The molecule has 38 heavy (non-hydrogen) atoms. The summed E-state index contributed by atoms with van der Waals surface area (Å²) in [6, 6.07) is 3.05. The van der Waals surface area contributed by atoms with Crippen molar-refractivity contribution in [2.75, 3.05) is 6.54 Å². The number of nitrogens with one attached hydrogen (secondary N) is 1. The number of benzene rings is 1. The van der Waals surface area contributed by atoms with Gasteiger partial charge in [-0.25, -0.2) is 9.37 Å². The maximum atomic E-state index is 15.0. The first kappa shape index (κ1) is 24.7. The minimum atomic E-state index is -0.938. The molecule has 0 bridgehead atoms. The molecule has 8 nitrogen and oxygen atoms in total. The van der Waals surface area contributed by atoms with Gasteiger partial charge in [0.25, 0.3) is 5.56 Å². The van der Waals surface area contributed by atoms with Crippen LogP contribution in [0.15, 0.2) is 16.9 Å². The van der Waals surface area contributed by atoms with Gasteiger partial charge in [0.2, 0.25) is 5.91 Å². The summed E-state index contributed by atoms with van der Waals surface area (Å²) in [6.07, 6.45) is 2.64. The molecular formula is C29H31FN4O4. The lowest BCUT2D eigenvalue weighted by Gasteiger charge is -2.33. The first-order valence-electron chi connectivity index (χ1n) is 13.3. The van der Waals surface area contributed by atoms with Crippen molar-refractivity contribution in [3.63, 3.8) is 0 Å². The number of halogens is 1. The quantitative estimate of drug-likeness (QED) is 0.391. The van der Waals surface area contributed by atoms with Gasteiger partial charge in [0, 0.05) is 23.4 Å². The van der Waals surface area contributed by atoms with E-state index >= 15 is 0 Å². The topological polar surface area (TPSA) is 116 Å². The van der Waals surface area contributed by atoms with Gasteiger partial charge in [0.1, 0.15) is 12.4 Å². The summed E-state index contributed by atoms with van der Waals surface area (Å²) in [5.41, 5.74) is 10.6. The molecule has 1 aliphatic carbocycles. The smallest absolute Gasteiger partial charge is 0.316 e. The van der Waals surface area contributed by atoms with Crippen LogP contribution in [0.1, 0.15) is 79.0 Å². The Labute approximate surface area is 219 Å². The fraction of sp³-hybridized carbons (Fsp3) is 0.448. The van der Waals surface area contributed by atoms with Crippen molar-refractivity contribution in [2.45, 2.75) is 77.5 Å². The summed E-state index contributed by atoms with van der Waals surface area (Å²) in [7, 11) is 0. The maximum Gasteiger partial charge on any atom is 0.316 e. The first-order valence-corrected chi connectivity index (χ1v) is 13.3. The average Bonchev–Trinajstić information content (AvgIpc) is 3.27. The van der Waals surface area contributed by atoms with E-state index in [1.165, 1.54) is 6.07 Å². The molecule has 0 spiro atoms. The molecule has 3 aromatic rings. The number of nitrogens with two attached hydrogens (primary N) is 1. The molecule has 3 aliphatic rings. The molecule has 1 amide bonds. The van der Waals surface area contributed by atoms with Crippen LogP contribution in [0.4, 0.5) is 4.39 Å². The molecule has 2 atom stereocenters. The number of fused-ring (bicyclic) bond motifs is 5. The summed E-state index contributed by atoms with van der Waals surface area (Å²) >= 11 is 0. The van der Waals surface area contributed by atoms with E-state index in [-0.39, 0.29) is 42.4 Å². The van der Waals surface area contributed by atoms with Crippen LogP contribution in [-0.4, -0.2) is 28.0 Å². The highest BCUT2D eigenvalue weighted by atomic mass is 19.1. The van der Waals surface area contributed by atoms with Crippen molar-refractivity contribution in [2.24, 2.45) is 5.73 Å². The number of nitrogens with zero attached hydrogens (tertiary/aromatic N) is 2. The largest absolute Gasteiger partial charge is 0.460 e. The summed E-state index contributed by atoms with van der Waals surface area (Å²) in [5.74, 6) is -0.753. The molecule has 4 heterocycles. The number of esters is 1. The Morgan fingerprint density at radius 2 is 2.08 bits per heavy atom. The zero-order valence-corrected chi connectivity index (χ0v) is 21.9. The van der Waals surface area contributed by atoms with Crippen LogP contribution in [0.25, 0.3) is 22.3 Å². The number of ether oxygens (including phenoxy) is 1. The van der Waals surface area contributed by atoms with Gasteiger partial charge in [-0.3, -0.25) is 14.4 Å². The van der Waals surface area contributed by atoms with Crippen molar-refractivity contribution in [1.29, 1.82) is 0 Å². The number of hydrogen-bond donors (Lipinski definition) is 2. The lowest BCUT2D eigenvalue weighted by atomic mass is 9.76. The third-order valence-corrected chi connectivity index (χ3v) is 8.78. The van der Waals surface area contributed by atoms with Crippen LogP contribution < -0.4 is 16.6 Å². The van der Waals surface area contributed by atoms with E-state index in [0.717, 1.165) is 22.1 Å². The molecule has 0 saturated heterocycles. The third kappa shape index (κ3) is 3.37. The van der Waals surface area contributed by atoms with Gasteiger partial charge in [0.15, 0.2) is 0 Å². The number of cyclic esters (lactones) is 1. The Hall–Kier alpha value is -3.59. The van der Waals surface area contributed by atoms with E-state index in [2.05, 4.69) is 5.32 Å². The van der Waals surface area contributed by atoms with Gasteiger partial charge in [-0.1, -0.05) is 6.92 Å². The predicted molar refractivity (Wildman–Crippen MR) is 140 cm³/mol. The second-order valence-electron chi connectivity index (χ2n) is 10.8. The Balaban J connectivity index is 1.60. The van der Waals surface area contributed by atoms with E-state index < -0.39 is 5.41 Å². The number of aromatic nitrogens is 2. The first-order chi connectivity index (χ1) is 18.2. The summed E-state index contributed by atoms with van der Waals surface area (Å²) in [6.45, 7) is 6.13. The van der Waals surface area contributed by atoms with Crippen LogP contribution in [-0.2, 0) is 39.3 Å². The second kappa shape index (κ2) is 8.73. The summed E-state index contributed by atoms with van der Waals surface area (Å²) in [5, 5.41) is 4.04. The zero-order valence-electron chi connectivity index (χ0n) is 21.9. The number of carbonyl (C=O) groups is 2. The fourth-order valence-corrected chi connectivity index (χ4v) is 6.39. The Kier molecular flexibility index (Phi) is 5.68. The lowest BCUT2D eigenvalue weighted by Crippen LogP contribution is -2.42. The number of rotatable bonds is 5. The maximum absolute atomic E-state index is 15.0. The Morgan fingerprint density at radius 3 is 2.82 bits per heavy atom. The van der Waals surface area contributed by atoms with Gasteiger partial charge in [-0.15, -0.1) is 0 Å². The monoisotopic (exact) mass is 518 g/mol. The number of amides is 1. The van der Waals surface area contributed by atoms with Crippen molar-refractivity contribution in [3.8, 4) is 11.4 Å². The molecule has 0 unspecified atom stereocenters. The normalized spacial score (nSPS) is 21.1. The van der Waals surface area contributed by atoms with Gasteiger partial charge < -0.3 is 20.4 Å². The molecule has 0 saturated carbocycles. The van der Waals surface area contributed by atoms with Crippen LogP contribution in [0.2, 0.25) is 0 Å². The highest BCUT2D eigenvalue weighted by Crippen LogP contribution is 2.46. The molecular weight excluding hydrogens is 487 g/mol. The Bertz CT molecular complexity index is 1610. The number of pyridine rings is 2. The third-order valence-electron chi connectivity index (χ3n) is 8.78. The minimum absolute atomic E-state index is 0.0597. The summed E-state index contributed by atoms with van der Waals surface area (Å²) < 4.78 is 22.1. The van der Waals surface area contributed by atoms with E-state index in [0.29, 0.717) is 72.2 Å². The van der Waals surface area contributed by atoms with Gasteiger partial charge in [0.05, 0.1) is 40.5 Å². The molecule has 0 radical (unpaired) electrons. The van der Waals surface area contributed by atoms with Crippen LogP contribution >= 0.6 is 0 Å². The van der Waals surface area contributed by atoms with Gasteiger partial charge in [-0.05, 0) is 74.4 Å². The summed E-state index contributed by atoms with van der Waals surface area (Å²) in [4.78, 5) is 44.2. The lowest BCUT2D eigenvalue weighted by molar-refractivity contribution is -0.153. The average molecular weight is 519 g/mol. The van der Waals surface area contributed by atoms with E-state index in [9.17, 15) is 18.8 Å². The fourth-order valence-electron chi connectivity index (χ4n) is 6.39. The van der Waals surface area contributed by atoms with Gasteiger partial charge in [-0.2, -0.15) is 0 Å². The van der Waals surface area contributed by atoms with Crippen molar-refractivity contribution < 1.29 is 18.7 Å². The highest BCUT2D eigenvalue weighted by molar-refractivity contribution is 5.94. The van der Waals surface area contributed by atoms with Crippen LogP contribution in [0.3, 0.4) is 0 Å². The Morgan fingerprint density at radius 1 is 1.29 bits per heavy atom. The number of aryl methyl sites for hydroxylation is 1. The molecule has 2 aliphatic heterocycles. The van der Waals surface area contributed by atoms with Crippen molar-refractivity contribution in [1.82, 2.24) is 14.9 Å². The number of hydrogen-bond acceptors (Lipinski definition) is 6. The van der Waals surface area contributed by atoms with Crippen molar-refractivity contribution >= 4 is 22.8 Å². The molecule has 3 N–H and O–H groups in total.